The molecular formula is C63H71BN12NaO6. The molecule has 423 valence electrons. The van der Waals surface area contributed by atoms with Crippen LogP contribution in [0.1, 0.15) is 70.3 Å². The van der Waals surface area contributed by atoms with Gasteiger partial charge < -0.3 is 38.1 Å². The van der Waals surface area contributed by atoms with E-state index in [0.29, 0.717) is 11.8 Å². The Morgan fingerprint density at radius 3 is 1.36 bits per heavy atom. The van der Waals surface area contributed by atoms with Gasteiger partial charge in [0.05, 0.1) is 50.5 Å². The van der Waals surface area contributed by atoms with Gasteiger partial charge in [-0.3, -0.25) is 13.6 Å². The van der Waals surface area contributed by atoms with Crippen molar-refractivity contribution in [3.05, 3.63) is 174 Å². The van der Waals surface area contributed by atoms with Crippen molar-refractivity contribution in [1.29, 1.82) is 0 Å². The van der Waals surface area contributed by atoms with Gasteiger partial charge in [0.2, 0.25) is 23.5 Å². The number of benzene rings is 6. The van der Waals surface area contributed by atoms with Crippen LogP contribution in [0.3, 0.4) is 0 Å². The minimum Gasteiger partial charge on any atom is -0.793 e. The fraction of sp³-hybridized carbons (Fsp3) is 0.238. The number of carbonyl (C=O) groups excluding carboxylic acids is 3. The monoisotopic (exact) mass is 1130 g/mol. The van der Waals surface area contributed by atoms with Crippen molar-refractivity contribution in [2.45, 2.75) is 75.4 Å². The number of nitrogens with one attached hydrogen (secondary N) is 1. The van der Waals surface area contributed by atoms with E-state index in [-0.39, 0.29) is 44.4 Å². The number of imidazole rings is 3. The Kier molecular flexibility index (Phi) is 22.9. The first-order valence-corrected chi connectivity index (χ1v) is 25.7. The number of anilines is 4. The zero-order chi connectivity index (χ0) is 57.2. The Balaban J connectivity index is 0.000000203. The van der Waals surface area contributed by atoms with Crippen LogP contribution in [-0.2, 0) is 35.4 Å². The van der Waals surface area contributed by atoms with E-state index in [1.807, 2.05) is 83.8 Å². The van der Waals surface area contributed by atoms with Gasteiger partial charge in [0.25, 0.3) is 0 Å². The largest absolute Gasteiger partial charge is 1.00 e. The first-order chi connectivity index (χ1) is 38.3. The average Bonchev–Trinajstić information content (AvgIpc) is 4.36. The van der Waals surface area contributed by atoms with Gasteiger partial charge >= 0.3 is 41.5 Å². The van der Waals surface area contributed by atoms with E-state index in [1.165, 1.54) is 46.1 Å². The van der Waals surface area contributed by atoms with Crippen molar-refractivity contribution in [3.63, 3.8) is 0 Å². The maximum absolute atomic E-state index is 9.85. The van der Waals surface area contributed by atoms with Gasteiger partial charge in [-0.05, 0) is 134 Å². The summed E-state index contributed by atoms with van der Waals surface area (Å²) in [6.07, 6.45) is 5.14. The van der Waals surface area contributed by atoms with Crippen LogP contribution < -0.4 is 50.4 Å². The number of rotatable bonds is 5. The van der Waals surface area contributed by atoms with Crippen LogP contribution in [0, 0.1) is 20.8 Å². The second-order valence-electron chi connectivity index (χ2n) is 19.5. The molecule has 20 heteroatoms. The number of nitrogen functional groups attached to an aromatic ring is 1. The number of hydrogen-bond acceptors (Lipinski definition) is 15. The van der Waals surface area contributed by atoms with Crippen molar-refractivity contribution in [2.75, 3.05) is 49.0 Å². The Morgan fingerprint density at radius 1 is 0.554 bits per heavy atom. The molecule has 0 saturated heterocycles. The minimum atomic E-state index is -0.639. The zero-order valence-corrected chi connectivity index (χ0v) is 49.5. The van der Waals surface area contributed by atoms with Gasteiger partial charge in [0.1, 0.15) is 0 Å². The number of aryl methyl sites for hydroxylation is 4. The van der Waals surface area contributed by atoms with Crippen molar-refractivity contribution in [2.24, 2.45) is 0 Å². The fourth-order valence-corrected chi connectivity index (χ4v) is 8.75. The molecule has 0 bridgehead atoms. The molecule has 6 heterocycles. The van der Waals surface area contributed by atoms with E-state index in [4.69, 9.17) is 15.7 Å². The average molecular weight is 1130 g/mol. The molecule has 3 N–H and O–H groups in total. The van der Waals surface area contributed by atoms with Crippen LogP contribution in [0.2, 0.25) is 0 Å². The SMILES string of the molecule is C.C.CC(=O)OOC(C)=O.Cc1ccc2nc3n(c2c1)CCC(c1ccc(N(C)C)cc1)N3.Cc1ccc2nc3nc(-c4ccc(N(C)C)cc4)ccn3c2c1.Cc1ccc2nc3nc(-c4ccc(N)cc4)ccn3c2c1.[B-]OC(C)=O.[Na+]. The van der Waals surface area contributed by atoms with E-state index in [1.54, 1.807) is 0 Å². The fourth-order valence-electron chi connectivity index (χ4n) is 8.75. The minimum absolute atomic E-state index is 0. The number of aromatic nitrogens is 8. The molecule has 0 spiro atoms. The van der Waals surface area contributed by atoms with Crippen LogP contribution in [0.5, 0.6) is 0 Å². The second-order valence-corrected chi connectivity index (χ2v) is 19.5. The van der Waals surface area contributed by atoms with E-state index in [0.717, 1.165) is 94.3 Å². The summed E-state index contributed by atoms with van der Waals surface area (Å²) in [5.41, 5.74) is 24.3. The molecule has 0 saturated carbocycles. The molecular weight excluding hydrogens is 1050 g/mol. The number of hydrogen-bond donors (Lipinski definition) is 2. The molecule has 1 atom stereocenters. The summed E-state index contributed by atoms with van der Waals surface area (Å²) >= 11 is 0. The van der Waals surface area contributed by atoms with Crippen LogP contribution >= 0.6 is 0 Å². The molecule has 1 aliphatic heterocycles. The summed E-state index contributed by atoms with van der Waals surface area (Å²) in [4.78, 5) is 64.4. The smallest absolute Gasteiger partial charge is 0.793 e. The normalized spacial score (nSPS) is 11.8. The number of fused-ring (bicyclic) bond motifs is 9. The van der Waals surface area contributed by atoms with Crippen molar-refractivity contribution < 1.29 is 58.4 Å². The summed E-state index contributed by atoms with van der Waals surface area (Å²) in [5.74, 6) is 0.689. The molecule has 5 aromatic heterocycles. The van der Waals surface area contributed by atoms with Gasteiger partial charge in [-0.1, -0.05) is 69.5 Å². The number of nitrogens with zero attached hydrogens (tertiary/aromatic N) is 10. The van der Waals surface area contributed by atoms with E-state index >= 15 is 0 Å². The number of nitrogens with two attached hydrogens (primary N) is 1. The van der Waals surface area contributed by atoms with Crippen LogP contribution in [0.25, 0.3) is 67.2 Å². The second kappa shape index (κ2) is 29.3. The van der Waals surface area contributed by atoms with Gasteiger partial charge in [-0.2, -0.15) is 0 Å². The van der Waals surface area contributed by atoms with Crippen molar-refractivity contribution >= 4 is 93.6 Å². The third kappa shape index (κ3) is 16.5. The van der Waals surface area contributed by atoms with E-state index in [2.05, 4.69) is 183 Å². The summed E-state index contributed by atoms with van der Waals surface area (Å²) in [7, 11) is 12.5. The third-order valence-electron chi connectivity index (χ3n) is 12.8. The molecule has 18 nitrogen and oxygen atoms in total. The molecule has 3 radical (unpaired) electrons. The van der Waals surface area contributed by atoms with Crippen LogP contribution in [-0.4, -0.2) is 92.4 Å². The predicted octanol–water partition coefficient (Wildman–Crippen LogP) is 9.27. The maximum atomic E-state index is 9.85. The Morgan fingerprint density at radius 2 is 0.952 bits per heavy atom. The molecule has 12 rings (SSSR count). The predicted molar refractivity (Wildman–Crippen MR) is 331 cm³/mol. The first-order valence-electron chi connectivity index (χ1n) is 25.7. The molecule has 1 aliphatic rings. The molecule has 6 aromatic carbocycles. The van der Waals surface area contributed by atoms with Crippen LogP contribution in [0.4, 0.5) is 23.0 Å². The van der Waals surface area contributed by atoms with Gasteiger partial charge in [-0.25, -0.2) is 44.3 Å². The summed E-state index contributed by atoms with van der Waals surface area (Å²) in [6, 6.07) is 48.2. The van der Waals surface area contributed by atoms with Crippen LogP contribution in [0.15, 0.2) is 152 Å². The molecule has 11 aromatic rings. The standard InChI is InChI=1S/C19H22N4.C19H18N4.C17H14N4.C4H6O4.C2H3BO2.2CH4.Na/c2*1-13-4-9-17-18(12-13)23-11-10-16(20-19(23)21-17)14-5-7-15(8-6-14)22(2)3;1-11-2-7-15-16(10-11)21-9-8-14(19-17(21)20-15)12-3-5-13(18)6-4-12;1-3(5)7-8-4(2)6;1-2(4)5-3;;;/h4-9,12,16H,10-11H2,1-3H3,(H,20,21);4-12H,1-3H3;2-10H,18H2,1H3;1-2H3;1H3;2*1H4;/q;;;;-1;;;+1. The Labute approximate surface area is 508 Å². The van der Waals surface area contributed by atoms with Crippen molar-refractivity contribution in [3.8, 4) is 22.5 Å². The number of carbonyl (C=O) groups is 3. The first kappa shape index (κ1) is 65.0. The molecule has 0 amide bonds. The summed E-state index contributed by atoms with van der Waals surface area (Å²) in [6.45, 7) is 10.8. The summed E-state index contributed by atoms with van der Waals surface area (Å²) in [5, 5.41) is 3.61. The van der Waals surface area contributed by atoms with Crippen molar-refractivity contribution in [1.82, 2.24) is 38.3 Å². The Bertz CT molecular complexity index is 3960. The Hall–Kier alpha value is -8.78. The molecule has 0 fully saturated rings. The molecule has 1 unspecified atom stereocenters. The zero-order valence-electron chi connectivity index (χ0n) is 47.5. The van der Waals surface area contributed by atoms with E-state index in [9.17, 15) is 14.4 Å². The molecule has 83 heavy (non-hydrogen) atoms. The van der Waals surface area contributed by atoms with Gasteiger partial charge in [0, 0.05) is 96.1 Å². The summed E-state index contributed by atoms with van der Waals surface area (Å²) < 4.78 is 9.97. The molecule has 0 aliphatic carbocycles. The maximum Gasteiger partial charge on any atom is 1.00 e. The topological polar surface area (TPSA) is 202 Å². The third-order valence-corrected chi connectivity index (χ3v) is 12.8. The quantitative estimate of drug-likeness (QED) is 0.0714. The van der Waals surface area contributed by atoms with E-state index < -0.39 is 17.9 Å². The van der Waals surface area contributed by atoms with Gasteiger partial charge in [-0.15, -0.1) is 0 Å². The van der Waals surface area contributed by atoms with Gasteiger partial charge in [0.15, 0.2) is 0 Å².